The van der Waals surface area contributed by atoms with Crippen LogP contribution < -0.4 is 10.6 Å². The van der Waals surface area contributed by atoms with Crippen LogP contribution in [0, 0.1) is 0 Å². The summed E-state index contributed by atoms with van der Waals surface area (Å²) >= 11 is 0. The Morgan fingerprint density at radius 2 is 2.21 bits per heavy atom. The lowest BCUT2D eigenvalue weighted by Crippen LogP contribution is -2.42. The van der Waals surface area contributed by atoms with E-state index < -0.39 is 0 Å². The van der Waals surface area contributed by atoms with E-state index in [-0.39, 0.29) is 5.91 Å². The lowest BCUT2D eigenvalue weighted by Gasteiger charge is -2.35. The molecule has 6 heteroatoms. The van der Waals surface area contributed by atoms with E-state index in [1.165, 1.54) is 0 Å². The lowest BCUT2D eigenvalue weighted by molar-refractivity contribution is 0.0957. The molecule has 0 bridgehead atoms. The highest BCUT2D eigenvalue weighted by Gasteiger charge is 2.22. The average Bonchev–Trinajstić information content (AvgIpc) is 2.43. The van der Waals surface area contributed by atoms with Crippen molar-refractivity contribution >= 4 is 11.7 Å². The monoisotopic (exact) mass is 263 g/mol. The van der Waals surface area contributed by atoms with Gasteiger partial charge in [-0.2, -0.15) is 0 Å². The third kappa shape index (κ3) is 3.41. The van der Waals surface area contributed by atoms with Gasteiger partial charge in [-0.05, 0) is 38.9 Å². The molecule has 0 saturated carbocycles. The number of aromatic nitrogens is 2. The number of carbonyl (C=O) groups excluding carboxylic acids is 1. The first-order valence-electron chi connectivity index (χ1n) is 6.62. The Morgan fingerprint density at radius 1 is 1.42 bits per heavy atom. The maximum absolute atomic E-state index is 11.4. The molecule has 2 N–H and O–H groups in total. The summed E-state index contributed by atoms with van der Waals surface area (Å²) < 4.78 is 0. The number of hydrogen-bond donors (Lipinski definition) is 2. The van der Waals surface area contributed by atoms with Gasteiger partial charge in [-0.3, -0.25) is 4.79 Å². The maximum atomic E-state index is 11.4. The van der Waals surface area contributed by atoms with Crippen LogP contribution in [0.2, 0.25) is 0 Å². The minimum absolute atomic E-state index is 0.216. The molecule has 104 valence electrons. The highest BCUT2D eigenvalue weighted by atomic mass is 16.1. The largest absolute Gasteiger partial charge is 0.366 e. The second-order valence-corrected chi connectivity index (χ2v) is 5.08. The number of piperidine rings is 1. The van der Waals surface area contributed by atoms with Gasteiger partial charge >= 0.3 is 0 Å². The summed E-state index contributed by atoms with van der Waals surface area (Å²) in [4.78, 5) is 13.7. The molecule has 19 heavy (non-hydrogen) atoms. The number of carbonyl (C=O) groups is 1. The van der Waals surface area contributed by atoms with Crippen molar-refractivity contribution in [2.75, 3.05) is 26.0 Å². The maximum Gasteiger partial charge on any atom is 0.271 e. The fraction of sp³-hybridized carbons (Fsp3) is 0.615. The predicted molar refractivity (Wildman–Crippen MR) is 74.2 cm³/mol. The number of rotatable bonds is 3. The fourth-order valence-corrected chi connectivity index (χ4v) is 2.29. The molecule has 2 heterocycles. The van der Waals surface area contributed by atoms with Gasteiger partial charge in [0.15, 0.2) is 5.69 Å². The third-order valence-corrected chi connectivity index (χ3v) is 3.68. The SMILES string of the molecule is CNC(=O)c1ccc(NC2CCN(C)C(C)C2)nn1. The number of anilines is 1. The number of hydrogen-bond acceptors (Lipinski definition) is 5. The zero-order valence-corrected chi connectivity index (χ0v) is 11.7. The second kappa shape index (κ2) is 5.97. The molecule has 0 aromatic carbocycles. The van der Waals surface area contributed by atoms with Crippen molar-refractivity contribution in [3.63, 3.8) is 0 Å². The van der Waals surface area contributed by atoms with Crippen LogP contribution >= 0.6 is 0 Å². The van der Waals surface area contributed by atoms with Gasteiger partial charge in [-0.1, -0.05) is 0 Å². The second-order valence-electron chi connectivity index (χ2n) is 5.08. The van der Waals surface area contributed by atoms with E-state index in [1.807, 2.05) is 0 Å². The smallest absolute Gasteiger partial charge is 0.271 e. The molecule has 2 unspecified atom stereocenters. The van der Waals surface area contributed by atoms with Gasteiger partial charge in [0.2, 0.25) is 0 Å². The van der Waals surface area contributed by atoms with E-state index in [9.17, 15) is 4.79 Å². The molecule has 0 radical (unpaired) electrons. The third-order valence-electron chi connectivity index (χ3n) is 3.68. The van der Waals surface area contributed by atoms with Crippen LogP contribution in [0.25, 0.3) is 0 Å². The van der Waals surface area contributed by atoms with Crippen molar-refractivity contribution in [3.8, 4) is 0 Å². The van der Waals surface area contributed by atoms with Crippen LogP contribution in [-0.4, -0.2) is 53.7 Å². The van der Waals surface area contributed by atoms with Crippen LogP contribution in [0.5, 0.6) is 0 Å². The molecule has 2 atom stereocenters. The Kier molecular flexibility index (Phi) is 4.31. The minimum atomic E-state index is -0.216. The molecule has 1 saturated heterocycles. The number of amides is 1. The van der Waals surface area contributed by atoms with Crippen molar-refractivity contribution in [1.29, 1.82) is 0 Å². The average molecular weight is 263 g/mol. The lowest BCUT2D eigenvalue weighted by atomic mass is 9.99. The summed E-state index contributed by atoms with van der Waals surface area (Å²) in [6.07, 6.45) is 2.19. The molecule has 1 fully saturated rings. The fourth-order valence-electron chi connectivity index (χ4n) is 2.29. The first-order valence-corrected chi connectivity index (χ1v) is 6.62. The van der Waals surface area contributed by atoms with Gasteiger partial charge in [-0.15, -0.1) is 10.2 Å². The van der Waals surface area contributed by atoms with Crippen LogP contribution in [0.4, 0.5) is 5.82 Å². The Morgan fingerprint density at radius 3 is 2.79 bits per heavy atom. The number of nitrogens with one attached hydrogen (secondary N) is 2. The first-order chi connectivity index (χ1) is 9.10. The number of likely N-dealkylation sites (tertiary alicyclic amines) is 1. The van der Waals surface area contributed by atoms with Gasteiger partial charge < -0.3 is 15.5 Å². The van der Waals surface area contributed by atoms with Crippen molar-refractivity contribution < 1.29 is 4.79 Å². The van der Waals surface area contributed by atoms with Gasteiger partial charge in [0.1, 0.15) is 5.82 Å². The van der Waals surface area contributed by atoms with Crippen LogP contribution in [0.1, 0.15) is 30.3 Å². The highest BCUT2D eigenvalue weighted by molar-refractivity contribution is 5.91. The van der Waals surface area contributed by atoms with E-state index in [4.69, 9.17) is 0 Å². The van der Waals surface area contributed by atoms with Gasteiger partial charge in [0.25, 0.3) is 5.91 Å². The quantitative estimate of drug-likeness (QED) is 0.841. The predicted octanol–water partition coefficient (Wildman–Crippen LogP) is 0.731. The Labute approximate surface area is 113 Å². The van der Waals surface area contributed by atoms with Gasteiger partial charge in [0, 0.05) is 25.7 Å². The molecule has 1 aromatic heterocycles. The Bertz CT molecular complexity index is 433. The van der Waals surface area contributed by atoms with E-state index in [1.54, 1.807) is 19.2 Å². The molecular formula is C13H21N5O. The molecule has 0 spiro atoms. The molecule has 1 aliphatic heterocycles. The first kappa shape index (κ1) is 13.7. The van der Waals surface area contributed by atoms with E-state index in [0.29, 0.717) is 17.8 Å². The standard InChI is InChI=1S/C13H21N5O/c1-9-8-10(6-7-18(9)3)15-12-5-4-11(16-17-12)13(19)14-2/h4-5,9-10H,6-8H2,1-3H3,(H,14,19)(H,15,17). The van der Waals surface area contributed by atoms with Crippen LogP contribution in [0.3, 0.4) is 0 Å². The molecule has 6 nitrogen and oxygen atoms in total. The van der Waals surface area contributed by atoms with E-state index >= 15 is 0 Å². The molecule has 2 rings (SSSR count). The summed E-state index contributed by atoms with van der Waals surface area (Å²) in [6.45, 7) is 3.32. The zero-order chi connectivity index (χ0) is 13.8. The van der Waals surface area contributed by atoms with Crippen LogP contribution in [-0.2, 0) is 0 Å². The molecular weight excluding hydrogens is 242 g/mol. The molecule has 1 amide bonds. The van der Waals surface area contributed by atoms with Crippen molar-refractivity contribution in [3.05, 3.63) is 17.8 Å². The minimum Gasteiger partial charge on any atom is -0.366 e. The molecule has 1 aromatic rings. The summed E-state index contributed by atoms with van der Waals surface area (Å²) in [6, 6.07) is 4.49. The Balaban J connectivity index is 1.94. The zero-order valence-electron chi connectivity index (χ0n) is 11.7. The van der Waals surface area contributed by atoms with Crippen LogP contribution in [0.15, 0.2) is 12.1 Å². The molecule has 0 aliphatic carbocycles. The summed E-state index contributed by atoms with van der Waals surface area (Å²) in [5.74, 6) is 0.515. The highest BCUT2D eigenvalue weighted by Crippen LogP contribution is 2.18. The Hall–Kier alpha value is -1.69. The van der Waals surface area contributed by atoms with Crippen molar-refractivity contribution in [2.24, 2.45) is 0 Å². The summed E-state index contributed by atoms with van der Waals surface area (Å²) in [5.41, 5.74) is 0.338. The normalized spacial score (nSPS) is 23.9. The topological polar surface area (TPSA) is 70.2 Å². The number of nitrogens with zero attached hydrogens (tertiary/aromatic N) is 3. The van der Waals surface area contributed by atoms with E-state index in [0.717, 1.165) is 25.2 Å². The van der Waals surface area contributed by atoms with Crippen molar-refractivity contribution in [1.82, 2.24) is 20.4 Å². The van der Waals surface area contributed by atoms with Gasteiger partial charge in [0.05, 0.1) is 0 Å². The van der Waals surface area contributed by atoms with Crippen molar-refractivity contribution in [2.45, 2.75) is 31.8 Å². The molecule has 1 aliphatic rings. The summed E-state index contributed by atoms with van der Waals surface area (Å²) in [7, 11) is 3.73. The summed E-state index contributed by atoms with van der Waals surface area (Å²) in [5, 5.41) is 13.9. The van der Waals surface area contributed by atoms with Gasteiger partial charge in [-0.25, -0.2) is 0 Å². The van der Waals surface area contributed by atoms with E-state index in [2.05, 4.69) is 39.7 Å².